The second-order valence-corrected chi connectivity index (χ2v) is 13.9. The Morgan fingerprint density at radius 2 is 1.29 bits per heavy atom. The summed E-state index contributed by atoms with van der Waals surface area (Å²) in [6.45, 7) is -2.68. The van der Waals surface area contributed by atoms with Crippen LogP contribution in [0.2, 0.25) is 0 Å². The first-order valence-corrected chi connectivity index (χ1v) is 17.4. The van der Waals surface area contributed by atoms with Crippen LogP contribution >= 0.6 is 0 Å². The van der Waals surface area contributed by atoms with E-state index in [1.54, 1.807) is 0 Å². The highest BCUT2D eigenvalue weighted by Crippen LogP contribution is 2.47. The van der Waals surface area contributed by atoms with Gasteiger partial charge in [-0.25, -0.2) is 9.59 Å². The van der Waals surface area contributed by atoms with Crippen LogP contribution in [0.15, 0.2) is 47.5 Å². The first-order valence-electron chi connectivity index (χ1n) is 17.4. The number of carbonyl (C=O) groups is 2. The summed E-state index contributed by atoms with van der Waals surface area (Å²) in [5.41, 5.74) is -1.78. The molecule has 308 valence electrons. The summed E-state index contributed by atoms with van der Waals surface area (Å²) in [6.07, 6.45) is -14.6. The number of hydrogen-bond acceptors (Lipinski definition) is 21. The van der Waals surface area contributed by atoms with Crippen molar-refractivity contribution in [3.63, 3.8) is 0 Å². The maximum absolute atomic E-state index is 12.9. The highest BCUT2D eigenvalue weighted by molar-refractivity contribution is 5.90. The van der Waals surface area contributed by atoms with Crippen LogP contribution in [0.4, 0.5) is 0 Å². The van der Waals surface area contributed by atoms with E-state index in [9.17, 15) is 60.7 Å². The molecule has 18 atom stereocenters. The average molecular weight is 791 g/mol. The van der Waals surface area contributed by atoms with Gasteiger partial charge >= 0.3 is 11.9 Å². The van der Waals surface area contributed by atoms with E-state index in [0.717, 1.165) is 26.7 Å². The third-order valence-electron chi connectivity index (χ3n) is 10.9. The van der Waals surface area contributed by atoms with Gasteiger partial charge in [-0.1, -0.05) is 18.2 Å². The lowest BCUT2D eigenvalue weighted by molar-refractivity contribution is -0.348. The Bertz CT molecular complexity index is 1530. The summed E-state index contributed by atoms with van der Waals surface area (Å²) in [6, 6.07) is 0. The molecule has 21 heteroatoms. The fraction of sp³-hybridized carbons (Fsp3) is 0.706. The molecule has 0 aromatic carbocycles. The molecular formula is C34H46O21. The van der Waals surface area contributed by atoms with Crippen molar-refractivity contribution in [1.82, 2.24) is 0 Å². The fourth-order valence-corrected chi connectivity index (χ4v) is 7.82. The standard InChI is InChI=1S/C34H46O21/c1-47-28(44)14-8-51-31(21-13(14)3-4-34(21,46)11-37)55-33-27(43)25(41)23(39)18(53-33)10-49-16-5-12(6-35)19-20(16)15(29(45)48-2)9-50-30(19)54-32-26(42)24(40)22(38)17(7-36)52-32/h3-5,8-9,13,16-27,30-33,35-43,46H,6-7,10-11H2,1-2H3/t13-,16-,17-,18-,19+,20-,21-,22-,23-,24+,25+,26-,27-,30-,31-,32+,33+,34-/m0/s1. The lowest BCUT2D eigenvalue weighted by Gasteiger charge is -2.45. The van der Waals surface area contributed by atoms with E-state index in [0.29, 0.717) is 0 Å². The molecule has 55 heavy (non-hydrogen) atoms. The van der Waals surface area contributed by atoms with Crippen LogP contribution in [0.3, 0.4) is 0 Å². The van der Waals surface area contributed by atoms with Crippen molar-refractivity contribution >= 4 is 11.9 Å². The number of ether oxygens (including phenoxy) is 9. The first kappa shape index (κ1) is 41.5. The van der Waals surface area contributed by atoms with Crippen molar-refractivity contribution < 1.29 is 103 Å². The predicted octanol–water partition coefficient (Wildman–Crippen LogP) is -5.47. The highest BCUT2D eigenvalue weighted by Gasteiger charge is 2.57. The van der Waals surface area contributed by atoms with Crippen LogP contribution < -0.4 is 0 Å². The number of aliphatic hydroxyl groups excluding tert-OH is 9. The van der Waals surface area contributed by atoms with E-state index in [2.05, 4.69) is 0 Å². The lowest BCUT2D eigenvalue weighted by Crippen LogP contribution is -2.61. The van der Waals surface area contributed by atoms with E-state index in [4.69, 9.17) is 42.6 Å². The summed E-state index contributed by atoms with van der Waals surface area (Å²) in [7, 11) is 2.27. The second kappa shape index (κ2) is 16.8. The quantitative estimate of drug-likeness (QED) is 0.0651. The maximum atomic E-state index is 12.9. The van der Waals surface area contributed by atoms with Crippen LogP contribution in [0.5, 0.6) is 0 Å². The van der Waals surface area contributed by atoms with Crippen LogP contribution in [-0.4, -0.2) is 189 Å². The monoisotopic (exact) mass is 790 g/mol. The molecule has 2 fully saturated rings. The molecule has 0 saturated carbocycles. The number of aliphatic hydroxyl groups is 10. The number of carbonyl (C=O) groups excluding carboxylic acids is 2. The minimum Gasteiger partial charge on any atom is -0.471 e. The molecule has 2 saturated heterocycles. The number of esters is 2. The molecule has 0 aromatic rings. The number of allylic oxidation sites excluding steroid dienone is 1. The summed E-state index contributed by atoms with van der Waals surface area (Å²) < 4.78 is 50.2. The Balaban J connectivity index is 1.19. The van der Waals surface area contributed by atoms with E-state index in [-0.39, 0.29) is 16.7 Å². The van der Waals surface area contributed by atoms with Crippen LogP contribution in [-0.2, 0) is 52.2 Å². The van der Waals surface area contributed by atoms with Gasteiger partial charge in [0.1, 0.15) is 54.4 Å². The van der Waals surface area contributed by atoms with Gasteiger partial charge in [0.25, 0.3) is 0 Å². The predicted molar refractivity (Wildman–Crippen MR) is 173 cm³/mol. The summed E-state index contributed by atoms with van der Waals surface area (Å²) in [5, 5.41) is 105. The molecular weight excluding hydrogens is 744 g/mol. The van der Waals surface area contributed by atoms with Crippen molar-refractivity contribution in [2.75, 3.05) is 40.6 Å². The molecule has 6 rings (SSSR count). The van der Waals surface area contributed by atoms with Gasteiger partial charge in [-0.15, -0.1) is 0 Å². The van der Waals surface area contributed by atoms with Gasteiger partial charge in [0.2, 0.25) is 12.6 Å². The van der Waals surface area contributed by atoms with E-state index < -0.39 is 148 Å². The molecule has 2 aliphatic carbocycles. The molecule has 21 nitrogen and oxygen atoms in total. The number of rotatable bonds is 12. The van der Waals surface area contributed by atoms with Gasteiger partial charge in [-0.2, -0.15) is 0 Å². The molecule has 0 amide bonds. The lowest BCUT2D eigenvalue weighted by atomic mass is 9.79. The van der Waals surface area contributed by atoms with Crippen LogP contribution in [0, 0.1) is 23.7 Å². The third kappa shape index (κ3) is 7.56. The molecule has 0 radical (unpaired) electrons. The van der Waals surface area contributed by atoms with E-state index >= 15 is 0 Å². The van der Waals surface area contributed by atoms with Gasteiger partial charge < -0.3 is 93.7 Å². The van der Waals surface area contributed by atoms with Gasteiger partial charge in [-0.05, 0) is 5.57 Å². The van der Waals surface area contributed by atoms with Crippen molar-refractivity contribution in [2.45, 2.75) is 85.7 Å². The number of fused-ring (bicyclic) bond motifs is 2. The van der Waals surface area contributed by atoms with Crippen LogP contribution in [0.25, 0.3) is 0 Å². The second-order valence-electron chi connectivity index (χ2n) is 13.9. The van der Waals surface area contributed by atoms with Crippen LogP contribution in [0.1, 0.15) is 0 Å². The summed E-state index contributed by atoms with van der Waals surface area (Å²) in [5.74, 6) is -5.66. The largest absolute Gasteiger partial charge is 0.471 e. The Morgan fingerprint density at radius 3 is 1.89 bits per heavy atom. The highest BCUT2D eigenvalue weighted by atomic mass is 16.8. The molecule has 4 heterocycles. The summed E-state index contributed by atoms with van der Waals surface area (Å²) >= 11 is 0. The molecule has 0 bridgehead atoms. The maximum Gasteiger partial charge on any atom is 0.337 e. The van der Waals surface area contributed by atoms with E-state index in [1.807, 2.05) is 0 Å². The van der Waals surface area contributed by atoms with Crippen molar-refractivity contribution in [3.8, 4) is 0 Å². The molecule has 6 aliphatic rings. The van der Waals surface area contributed by atoms with Crippen molar-refractivity contribution in [1.29, 1.82) is 0 Å². The fourth-order valence-electron chi connectivity index (χ4n) is 7.82. The zero-order chi connectivity index (χ0) is 39.9. The molecule has 0 spiro atoms. The molecule has 0 unspecified atom stereocenters. The van der Waals surface area contributed by atoms with Gasteiger partial charge in [-0.3, -0.25) is 0 Å². The van der Waals surface area contributed by atoms with Crippen molar-refractivity contribution in [2.24, 2.45) is 23.7 Å². The summed E-state index contributed by atoms with van der Waals surface area (Å²) in [4.78, 5) is 25.3. The smallest absolute Gasteiger partial charge is 0.337 e. The minimum absolute atomic E-state index is 0.0132. The Hall–Kier alpha value is -3.10. The van der Waals surface area contributed by atoms with Gasteiger partial charge in [0, 0.05) is 11.8 Å². The Morgan fingerprint density at radius 1 is 0.727 bits per heavy atom. The average Bonchev–Trinajstić information content (AvgIpc) is 3.76. The molecule has 10 N–H and O–H groups in total. The molecule has 4 aliphatic heterocycles. The zero-order valence-electron chi connectivity index (χ0n) is 29.5. The third-order valence-corrected chi connectivity index (χ3v) is 10.9. The number of methoxy groups -OCH3 is 2. The SMILES string of the molecule is COC(=O)C1=CO[C@@H](O[C@H]2O[C@@H](CO)[C@H](O)[C@@H](O)[C@@H]2O)[C@@H]2C(CO)=C[C@H](OC[C@@H]3O[C@H](O[C@@H]4OC=C(C(=O)OC)[C@@H]5C=C[C@](O)(CO)[C@H]45)[C@@H](O)[C@H](O)[C@H]3O)[C@H]12. The minimum atomic E-state index is -1.95. The Labute approximate surface area is 312 Å². The Kier molecular flexibility index (Phi) is 12.7. The van der Waals surface area contributed by atoms with Crippen molar-refractivity contribution in [3.05, 3.63) is 47.5 Å². The first-order chi connectivity index (χ1) is 26.2. The molecule has 0 aromatic heterocycles. The topological polar surface area (TPSA) is 320 Å². The normalized spacial score (nSPS) is 44.9. The van der Waals surface area contributed by atoms with E-state index in [1.165, 1.54) is 18.2 Å². The van der Waals surface area contributed by atoms with Gasteiger partial charge in [0.05, 0.1) is 82.3 Å². The number of hydrogen-bond donors (Lipinski definition) is 10. The van der Waals surface area contributed by atoms with Gasteiger partial charge in [0.15, 0.2) is 12.6 Å². The zero-order valence-corrected chi connectivity index (χ0v) is 29.5.